The van der Waals surface area contributed by atoms with Crippen LogP contribution in [0, 0.1) is 5.82 Å². The molecule has 1 aliphatic rings. The van der Waals surface area contributed by atoms with E-state index in [4.69, 9.17) is 0 Å². The third-order valence-electron chi connectivity index (χ3n) is 4.81. The second kappa shape index (κ2) is 9.30. The highest BCUT2D eigenvalue weighted by Crippen LogP contribution is 2.49. The first-order valence-corrected chi connectivity index (χ1v) is 9.60. The normalized spacial score (nSPS) is 15.0. The Balaban J connectivity index is 1.51. The second-order valence-corrected chi connectivity index (χ2v) is 6.88. The van der Waals surface area contributed by atoms with Gasteiger partial charge in [0.05, 0.1) is 12.1 Å². The Morgan fingerprint density at radius 2 is 1.93 bits per heavy atom. The third kappa shape index (κ3) is 5.06. The quantitative estimate of drug-likeness (QED) is 0.371. The lowest BCUT2D eigenvalue weighted by Crippen LogP contribution is -2.42. The zero-order chi connectivity index (χ0) is 19.8. The number of amides is 1. The lowest BCUT2D eigenvalue weighted by atomic mass is 9.95. The van der Waals surface area contributed by atoms with Crippen LogP contribution >= 0.6 is 0 Å². The predicted octanol–water partition coefficient (Wildman–Crippen LogP) is 2.24. The zero-order valence-electron chi connectivity index (χ0n) is 16.0. The maximum Gasteiger partial charge on any atom is 0.252 e. The van der Waals surface area contributed by atoms with Crippen LogP contribution in [0.4, 0.5) is 4.39 Å². The Kier molecular flexibility index (Phi) is 6.57. The average molecular weight is 383 g/mol. The van der Waals surface area contributed by atoms with E-state index in [9.17, 15) is 9.18 Å². The first-order chi connectivity index (χ1) is 13.6. The van der Waals surface area contributed by atoms with Crippen molar-refractivity contribution in [3.8, 4) is 0 Å². The standard InChI is InChI=1S/C21H26FN5O/c1-2-24-20(26-13-12-25-19(28)16-6-5-11-23-14-16)27-15-21(9-10-21)17-7-3-4-8-18(17)22/h3-8,11,14H,2,9-10,12-13,15H2,1H3,(H,25,28)(H2,24,26,27). The predicted molar refractivity (Wildman–Crippen MR) is 108 cm³/mol. The molecule has 148 valence electrons. The summed E-state index contributed by atoms with van der Waals surface area (Å²) in [5.74, 6) is 0.348. The van der Waals surface area contributed by atoms with Gasteiger partial charge in [-0.3, -0.25) is 14.8 Å². The molecule has 0 unspecified atom stereocenters. The molecule has 2 aromatic rings. The molecule has 0 saturated heterocycles. The number of carbonyl (C=O) groups is 1. The van der Waals surface area contributed by atoms with Crippen LogP contribution in [0.5, 0.6) is 0 Å². The molecule has 0 atom stereocenters. The number of carbonyl (C=O) groups excluding carboxylic acids is 1. The van der Waals surface area contributed by atoms with E-state index in [0.717, 1.165) is 24.9 Å². The highest BCUT2D eigenvalue weighted by molar-refractivity contribution is 5.93. The molecular formula is C21H26FN5O. The van der Waals surface area contributed by atoms with E-state index in [1.54, 1.807) is 24.4 Å². The van der Waals surface area contributed by atoms with Crippen LogP contribution in [-0.2, 0) is 5.41 Å². The summed E-state index contributed by atoms with van der Waals surface area (Å²) in [4.78, 5) is 20.6. The van der Waals surface area contributed by atoms with Gasteiger partial charge in [0, 0.05) is 37.4 Å². The van der Waals surface area contributed by atoms with Crippen LogP contribution in [-0.4, -0.2) is 43.0 Å². The Hall–Kier alpha value is -2.96. The number of nitrogens with zero attached hydrogens (tertiary/aromatic N) is 2. The van der Waals surface area contributed by atoms with E-state index in [1.165, 1.54) is 12.3 Å². The Bertz CT molecular complexity index is 821. The molecular weight excluding hydrogens is 357 g/mol. The molecule has 1 amide bonds. The minimum absolute atomic E-state index is 0.159. The fourth-order valence-electron chi connectivity index (χ4n) is 3.08. The van der Waals surface area contributed by atoms with Crippen molar-refractivity contribution >= 4 is 11.9 Å². The van der Waals surface area contributed by atoms with Crippen molar-refractivity contribution in [1.29, 1.82) is 0 Å². The number of guanidine groups is 1. The van der Waals surface area contributed by atoms with Crippen LogP contribution in [0.1, 0.15) is 35.7 Å². The van der Waals surface area contributed by atoms with Crippen LogP contribution in [0.15, 0.2) is 53.8 Å². The van der Waals surface area contributed by atoms with Gasteiger partial charge < -0.3 is 16.0 Å². The summed E-state index contributed by atoms with van der Waals surface area (Å²) >= 11 is 0. The number of benzene rings is 1. The highest BCUT2D eigenvalue weighted by atomic mass is 19.1. The number of aliphatic imine (C=N–C) groups is 1. The maximum atomic E-state index is 14.1. The van der Waals surface area contributed by atoms with E-state index in [1.807, 2.05) is 19.1 Å². The number of nitrogens with one attached hydrogen (secondary N) is 3. The molecule has 1 saturated carbocycles. The van der Waals surface area contributed by atoms with E-state index in [0.29, 0.717) is 31.2 Å². The van der Waals surface area contributed by atoms with Gasteiger partial charge in [0.15, 0.2) is 5.96 Å². The summed E-state index contributed by atoms with van der Waals surface area (Å²) in [6.07, 6.45) is 5.05. The molecule has 1 aromatic carbocycles. The first-order valence-electron chi connectivity index (χ1n) is 9.60. The number of halogens is 1. The molecule has 1 aliphatic carbocycles. The fraction of sp³-hybridized carbons (Fsp3) is 0.381. The Morgan fingerprint density at radius 1 is 1.14 bits per heavy atom. The highest BCUT2D eigenvalue weighted by Gasteiger charge is 2.45. The lowest BCUT2D eigenvalue weighted by Gasteiger charge is -2.16. The van der Waals surface area contributed by atoms with E-state index >= 15 is 0 Å². The van der Waals surface area contributed by atoms with E-state index < -0.39 is 0 Å². The van der Waals surface area contributed by atoms with Gasteiger partial charge in [-0.15, -0.1) is 0 Å². The molecule has 0 radical (unpaired) electrons. The van der Waals surface area contributed by atoms with Crippen molar-refractivity contribution in [1.82, 2.24) is 20.9 Å². The van der Waals surface area contributed by atoms with E-state index in [2.05, 4.69) is 25.9 Å². The number of rotatable bonds is 8. The average Bonchev–Trinajstić information content (AvgIpc) is 3.51. The van der Waals surface area contributed by atoms with Gasteiger partial charge in [-0.25, -0.2) is 4.39 Å². The number of hydrogen-bond acceptors (Lipinski definition) is 3. The first kappa shape index (κ1) is 19.8. The maximum absolute atomic E-state index is 14.1. The fourth-order valence-corrected chi connectivity index (χ4v) is 3.08. The SMILES string of the molecule is CCNC(=NCC1(c2ccccc2F)CC1)NCCNC(=O)c1cccnc1. The minimum atomic E-state index is -0.192. The van der Waals surface area contributed by atoms with Crippen LogP contribution in [0.25, 0.3) is 0 Å². The lowest BCUT2D eigenvalue weighted by molar-refractivity contribution is 0.0954. The second-order valence-electron chi connectivity index (χ2n) is 6.88. The molecule has 1 fully saturated rings. The van der Waals surface area contributed by atoms with Crippen molar-refractivity contribution in [3.05, 3.63) is 65.7 Å². The molecule has 3 rings (SSSR count). The van der Waals surface area contributed by atoms with Gasteiger partial charge in [0.25, 0.3) is 5.91 Å². The molecule has 28 heavy (non-hydrogen) atoms. The Morgan fingerprint density at radius 3 is 2.61 bits per heavy atom. The zero-order valence-corrected chi connectivity index (χ0v) is 16.0. The van der Waals surface area contributed by atoms with Crippen LogP contribution in [0.3, 0.4) is 0 Å². The number of pyridine rings is 1. The topological polar surface area (TPSA) is 78.4 Å². The van der Waals surface area contributed by atoms with Crippen LogP contribution in [0.2, 0.25) is 0 Å². The van der Waals surface area contributed by atoms with Crippen molar-refractivity contribution in [2.24, 2.45) is 4.99 Å². The summed E-state index contributed by atoms with van der Waals surface area (Å²) in [7, 11) is 0. The molecule has 7 heteroatoms. The summed E-state index contributed by atoms with van der Waals surface area (Å²) < 4.78 is 14.1. The van der Waals surface area contributed by atoms with Crippen molar-refractivity contribution in [2.45, 2.75) is 25.2 Å². The summed E-state index contributed by atoms with van der Waals surface area (Å²) in [5.41, 5.74) is 1.09. The monoisotopic (exact) mass is 383 g/mol. The molecule has 3 N–H and O–H groups in total. The van der Waals surface area contributed by atoms with E-state index in [-0.39, 0.29) is 17.1 Å². The van der Waals surface area contributed by atoms with Crippen molar-refractivity contribution in [2.75, 3.05) is 26.2 Å². The number of hydrogen-bond donors (Lipinski definition) is 3. The molecule has 6 nitrogen and oxygen atoms in total. The van der Waals surface area contributed by atoms with Gasteiger partial charge in [0.1, 0.15) is 5.82 Å². The van der Waals surface area contributed by atoms with Crippen molar-refractivity contribution in [3.63, 3.8) is 0 Å². The number of aromatic nitrogens is 1. The smallest absolute Gasteiger partial charge is 0.252 e. The minimum Gasteiger partial charge on any atom is -0.357 e. The van der Waals surface area contributed by atoms with Gasteiger partial charge in [-0.05, 0) is 43.5 Å². The van der Waals surface area contributed by atoms with Crippen LogP contribution < -0.4 is 16.0 Å². The van der Waals surface area contributed by atoms with Gasteiger partial charge >= 0.3 is 0 Å². The summed E-state index contributed by atoms with van der Waals surface area (Å²) in [6.45, 7) is 4.23. The van der Waals surface area contributed by atoms with Gasteiger partial charge in [-0.1, -0.05) is 18.2 Å². The largest absolute Gasteiger partial charge is 0.357 e. The summed E-state index contributed by atoms with van der Waals surface area (Å²) in [6, 6.07) is 10.4. The third-order valence-corrected chi connectivity index (χ3v) is 4.81. The summed E-state index contributed by atoms with van der Waals surface area (Å²) in [5, 5.41) is 9.24. The Labute approximate surface area is 164 Å². The van der Waals surface area contributed by atoms with Gasteiger partial charge in [-0.2, -0.15) is 0 Å². The van der Waals surface area contributed by atoms with Gasteiger partial charge in [0.2, 0.25) is 0 Å². The molecule has 1 heterocycles. The molecule has 1 aromatic heterocycles. The molecule has 0 spiro atoms. The van der Waals surface area contributed by atoms with Crippen molar-refractivity contribution < 1.29 is 9.18 Å². The molecule has 0 aliphatic heterocycles. The molecule has 0 bridgehead atoms.